The lowest BCUT2D eigenvalue weighted by Gasteiger charge is -2.17. The van der Waals surface area contributed by atoms with E-state index in [4.69, 9.17) is 4.74 Å². The van der Waals surface area contributed by atoms with E-state index in [0.29, 0.717) is 6.10 Å². The van der Waals surface area contributed by atoms with Gasteiger partial charge in [0.2, 0.25) is 0 Å². The number of hydrogen-bond acceptors (Lipinski definition) is 1. The van der Waals surface area contributed by atoms with Crippen molar-refractivity contribution in [3.8, 4) is 0 Å². The van der Waals surface area contributed by atoms with Crippen LogP contribution in [0.25, 0.3) is 0 Å². The standard InChI is InChI=1S/C12H24O/c1-6-7-11(4)12(13-5)9-8-10(2)3/h7,10,12H,6,8-9H2,1-5H3/b11-7+. The Morgan fingerprint density at radius 2 is 1.92 bits per heavy atom. The molecule has 0 radical (unpaired) electrons. The minimum Gasteiger partial charge on any atom is -0.377 e. The molecule has 0 bridgehead atoms. The molecule has 0 heterocycles. The summed E-state index contributed by atoms with van der Waals surface area (Å²) in [6.07, 6.45) is 6.09. The predicted octanol–water partition coefficient (Wildman–Crippen LogP) is 3.79. The first-order valence-corrected chi connectivity index (χ1v) is 5.31. The summed E-state index contributed by atoms with van der Waals surface area (Å²) in [6, 6.07) is 0. The van der Waals surface area contributed by atoms with Gasteiger partial charge in [0, 0.05) is 7.11 Å². The van der Waals surface area contributed by atoms with Crippen LogP contribution in [0.5, 0.6) is 0 Å². The van der Waals surface area contributed by atoms with Gasteiger partial charge in [0.1, 0.15) is 0 Å². The Bertz CT molecular complexity index is 147. The van der Waals surface area contributed by atoms with Crippen LogP contribution >= 0.6 is 0 Å². The van der Waals surface area contributed by atoms with Gasteiger partial charge in [-0.15, -0.1) is 0 Å². The van der Waals surface area contributed by atoms with Gasteiger partial charge in [-0.3, -0.25) is 0 Å². The third-order valence-corrected chi connectivity index (χ3v) is 2.32. The van der Waals surface area contributed by atoms with Crippen molar-refractivity contribution in [1.29, 1.82) is 0 Å². The van der Waals surface area contributed by atoms with E-state index >= 15 is 0 Å². The molecule has 0 N–H and O–H groups in total. The smallest absolute Gasteiger partial charge is 0.0778 e. The first-order chi connectivity index (χ1) is 6.11. The number of ether oxygens (including phenoxy) is 1. The quantitative estimate of drug-likeness (QED) is 0.571. The maximum atomic E-state index is 5.45. The van der Waals surface area contributed by atoms with E-state index in [-0.39, 0.29) is 0 Å². The molecular weight excluding hydrogens is 160 g/mol. The molecule has 0 saturated heterocycles. The molecule has 0 rings (SSSR count). The fourth-order valence-corrected chi connectivity index (χ4v) is 1.47. The number of rotatable bonds is 6. The molecular formula is C12H24O. The molecule has 1 unspecified atom stereocenters. The Morgan fingerprint density at radius 3 is 2.31 bits per heavy atom. The Labute approximate surface area is 83.2 Å². The summed E-state index contributed by atoms with van der Waals surface area (Å²) in [5.74, 6) is 0.770. The van der Waals surface area contributed by atoms with Crippen molar-refractivity contribution in [2.75, 3.05) is 7.11 Å². The second-order valence-corrected chi connectivity index (χ2v) is 4.05. The summed E-state index contributed by atoms with van der Waals surface area (Å²) in [5, 5.41) is 0. The molecule has 1 nitrogen and oxygen atoms in total. The zero-order valence-electron chi connectivity index (χ0n) is 9.76. The average Bonchev–Trinajstić information content (AvgIpc) is 2.05. The van der Waals surface area contributed by atoms with Gasteiger partial charge < -0.3 is 4.74 Å². The van der Waals surface area contributed by atoms with Gasteiger partial charge in [0.15, 0.2) is 0 Å². The molecule has 0 aromatic heterocycles. The van der Waals surface area contributed by atoms with Crippen LogP contribution in [-0.2, 0) is 4.74 Å². The summed E-state index contributed by atoms with van der Waals surface area (Å²) in [4.78, 5) is 0. The Morgan fingerprint density at radius 1 is 1.31 bits per heavy atom. The number of allylic oxidation sites excluding steroid dienone is 1. The second-order valence-electron chi connectivity index (χ2n) is 4.05. The summed E-state index contributed by atoms with van der Waals surface area (Å²) >= 11 is 0. The van der Waals surface area contributed by atoms with Crippen LogP contribution in [0.15, 0.2) is 11.6 Å². The van der Waals surface area contributed by atoms with Gasteiger partial charge in [-0.05, 0) is 37.7 Å². The van der Waals surface area contributed by atoms with E-state index in [9.17, 15) is 0 Å². The van der Waals surface area contributed by atoms with Gasteiger partial charge >= 0.3 is 0 Å². The molecule has 78 valence electrons. The molecule has 0 aromatic carbocycles. The summed E-state index contributed by atoms with van der Waals surface area (Å²) in [5.41, 5.74) is 1.38. The Hall–Kier alpha value is -0.300. The maximum Gasteiger partial charge on any atom is 0.0778 e. The topological polar surface area (TPSA) is 9.23 Å². The zero-order valence-corrected chi connectivity index (χ0v) is 9.76. The lowest BCUT2D eigenvalue weighted by molar-refractivity contribution is 0.118. The Kier molecular flexibility index (Phi) is 6.97. The summed E-state index contributed by atoms with van der Waals surface area (Å²) in [6.45, 7) is 8.84. The zero-order chi connectivity index (χ0) is 10.3. The van der Waals surface area contributed by atoms with Crippen LogP contribution in [0.1, 0.15) is 47.0 Å². The van der Waals surface area contributed by atoms with Gasteiger partial charge in [0.25, 0.3) is 0 Å². The molecule has 0 spiro atoms. The SMILES string of the molecule is CC/C=C(\C)C(CCC(C)C)OC. The van der Waals surface area contributed by atoms with Crippen molar-refractivity contribution in [3.63, 3.8) is 0 Å². The fraction of sp³-hybridized carbons (Fsp3) is 0.833. The molecule has 0 saturated carbocycles. The fourth-order valence-electron chi connectivity index (χ4n) is 1.47. The van der Waals surface area contributed by atoms with Gasteiger partial charge in [-0.2, -0.15) is 0 Å². The van der Waals surface area contributed by atoms with Crippen LogP contribution in [-0.4, -0.2) is 13.2 Å². The lowest BCUT2D eigenvalue weighted by atomic mass is 10.00. The summed E-state index contributed by atoms with van der Waals surface area (Å²) in [7, 11) is 1.80. The van der Waals surface area contributed by atoms with E-state index in [1.54, 1.807) is 7.11 Å². The van der Waals surface area contributed by atoms with Crippen molar-refractivity contribution < 1.29 is 4.74 Å². The monoisotopic (exact) mass is 184 g/mol. The Balaban J connectivity index is 3.95. The molecule has 13 heavy (non-hydrogen) atoms. The van der Waals surface area contributed by atoms with Gasteiger partial charge in [0.05, 0.1) is 6.10 Å². The molecule has 0 aromatic rings. The first kappa shape index (κ1) is 12.7. The van der Waals surface area contributed by atoms with Crippen molar-refractivity contribution in [2.24, 2.45) is 5.92 Å². The highest BCUT2D eigenvalue weighted by Crippen LogP contribution is 2.15. The molecule has 1 atom stereocenters. The lowest BCUT2D eigenvalue weighted by Crippen LogP contribution is -2.13. The van der Waals surface area contributed by atoms with Crippen molar-refractivity contribution in [1.82, 2.24) is 0 Å². The normalized spacial score (nSPS) is 15.1. The number of methoxy groups -OCH3 is 1. The molecule has 0 aliphatic carbocycles. The molecule has 1 heteroatoms. The van der Waals surface area contributed by atoms with E-state index in [1.165, 1.54) is 12.0 Å². The average molecular weight is 184 g/mol. The van der Waals surface area contributed by atoms with Gasteiger partial charge in [-0.25, -0.2) is 0 Å². The molecule has 0 aliphatic rings. The van der Waals surface area contributed by atoms with Gasteiger partial charge in [-0.1, -0.05) is 26.8 Å². The minimum absolute atomic E-state index is 0.336. The minimum atomic E-state index is 0.336. The maximum absolute atomic E-state index is 5.45. The van der Waals surface area contributed by atoms with E-state index < -0.39 is 0 Å². The molecule has 0 amide bonds. The van der Waals surface area contributed by atoms with Crippen molar-refractivity contribution in [3.05, 3.63) is 11.6 Å². The third kappa shape index (κ3) is 5.87. The molecule has 0 fully saturated rings. The third-order valence-electron chi connectivity index (χ3n) is 2.32. The highest BCUT2D eigenvalue weighted by Gasteiger charge is 2.09. The van der Waals surface area contributed by atoms with E-state index in [1.807, 2.05) is 0 Å². The van der Waals surface area contributed by atoms with Crippen molar-refractivity contribution >= 4 is 0 Å². The molecule has 0 aliphatic heterocycles. The second kappa shape index (κ2) is 7.14. The summed E-state index contributed by atoms with van der Waals surface area (Å²) < 4.78 is 5.45. The van der Waals surface area contributed by atoms with E-state index in [2.05, 4.69) is 33.8 Å². The van der Waals surface area contributed by atoms with E-state index in [0.717, 1.165) is 18.8 Å². The number of hydrogen-bond donors (Lipinski definition) is 0. The van der Waals surface area contributed by atoms with Crippen LogP contribution in [0.3, 0.4) is 0 Å². The van der Waals surface area contributed by atoms with Crippen LogP contribution in [0, 0.1) is 5.92 Å². The first-order valence-electron chi connectivity index (χ1n) is 5.31. The predicted molar refractivity (Wildman–Crippen MR) is 58.9 cm³/mol. The van der Waals surface area contributed by atoms with Crippen LogP contribution in [0.4, 0.5) is 0 Å². The largest absolute Gasteiger partial charge is 0.377 e. The van der Waals surface area contributed by atoms with Crippen LogP contribution in [0.2, 0.25) is 0 Å². The van der Waals surface area contributed by atoms with Crippen LogP contribution < -0.4 is 0 Å². The highest BCUT2D eigenvalue weighted by atomic mass is 16.5. The van der Waals surface area contributed by atoms with Crippen molar-refractivity contribution in [2.45, 2.75) is 53.1 Å². The highest BCUT2D eigenvalue weighted by molar-refractivity contribution is 5.04.